The molecule has 1 rings (SSSR count). The van der Waals surface area contributed by atoms with Gasteiger partial charge in [-0.2, -0.15) is 0 Å². The number of hydrogen-bond acceptors (Lipinski definition) is 4. The molecule has 0 fully saturated rings. The van der Waals surface area contributed by atoms with Gasteiger partial charge in [0.05, 0.1) is 0 Å². The molecule has 1 aromatic carbocycles. The zero-order valence-electron chi connectivity index (χ0n) is 15.0. The summed E-state index contributed by atoms with van der Waals surface area (Å²) in [6, 6.07) is 10.3. The molecule has 0 spiro atoms. The summed E-state index contributed by atoms with van der Waals surface area (Å²) in [6.07, 6.45) is 0.549. The van der Waals surface area contributed by atoms with E-state index in [2.05, 4.69) is 22.3 Å². The Morgan fingerprint density at radius 2 is 1.91 bits per heavy atom. The first-order chi connectivity index (χ1) is 10.7. The predicted octanol–water partition coefficient (Wildman–Crippen LogP) is 2.40. The zero-order valence-corrected chi connectivity index (χ0v) is 15.0. The molecule has 3 N–H and O–H groups in total. The SMILES string of the molecule is CC(NC(=O)OC(C)(C)C)C(CN)N(C)CCc1ccccc1. The lowest BCUT2D eigenvalue weighted by Gasteiger charge is -2.33. The van der Waals surface area contributed by atoms with E-state index in [4.69, 9.17) is 10.5 Å². The summed E-state index contributed by atoms with van der Waals surface area (Å²) in [4.78, 5) is 14.1. The third-order valence-corrected chi connectivity index (χ3v) is 3.73. The van der Waals surface area contributed by atoms with Gasteiger partial charge in [0.2, 0.25) is 0 Å². The average Bonchev–Trinajstić information content (AvgIpc) is 2.44. The summed E-state index contributed by atoms with van der Waals surface area (Å²) in [7, 11) is 2.04. The first-order valence-corrected chi connectivity index (χ1v) is 8.16. The monoisotopic (exact) mass is 321 g/mol. The number of ether oxygens (including phenoxy) is 1. The second-order valence-electron chi connectivity index (χ2n) is 6.95. The number of likely N-dealkylation sites (N-methyl/N-ethyl adjacent to an activating group) is 1. The Kier molecular flexibility index (Phi) is 7.52. The normalized spacial score (nSPS) is 14.4. The highest BCUT2D eigenvalue weighted by Gasteiger charge is 2.24. The number of carbonyl (C=O) groups excluding carboxylic acids is 1. The van der Waals surface area contributed by atoms with Gasteiger partial charge >= 0.3 is 6.09 Å². The molecule has 5 nitrogen and oxygen atoms in total. The molecule has 0 saturated heterocycles. The Labute approximate surface area is 140 Å². The van der Waals surface area contributed by atoms with E-state index in [-0.39, 0.29) is 12.1 Å². The van der Waals surface area contributed by atoms with Crippen LogP contribution in [0.3, 0.4) is 0 Å². The van der Waals surface area contributed by atoms with E-state index < -0.39 is 11.7 Å². The van der Waals surface area contributed by atoms with Gasteiger partial charge in [-0.25, -0.2) is 4.79 Å². The number of nitrogens with zero attached hydrogens (tertiary/aromatic N) is 1. The van der Waals surface area contributed by atoms with Gasteiger partial charge in [0, 0.05) is 25.2 Å². The number of hydrogen-bond donors (Lipinski definition) is 2. The van der Waals surface area contributed by atoms with Gasteiger partial charge in [-0.15, -0.1) is 0 Å². The quantitative estimate of drug-likeness (QED) is 0.809. The van der Waals surface area contributed by atoms with E-state index in [1.807, 2.05) is 52.9 Å². The van der Waals surface area contributed by atoms with Crippen LogP contribution in [0.25, 0.3) is 0 Å². The van der Waals surface area contributed by atoms with Crippen molar-refractivity contribution in [2.75, 3.05) is 20.1 Å². The van der Waals surface area contributed by atoms with Crippen molar-refractivity contribution >= 4 is 6.09 Å². The maximum absolute atomic E-state index is 11.9. The van der Waals surface area contributed by atoms with Gasteiger partial charge in [0.1, 0.15) is 5.60 Å². The van der Waals surface area contributed by atoms with Crippen molar-refractivity contribution in [3.63, 3.8) is 0 Å². The van der Waals surface area contributed by atoms with Gasteiger partial charge in [0.15, 0.2) is 0 Å². The Hall–Kier alpha value is -1.59. The predicted molar refractivity (Wildman–Crippen MR) is 94.5 cm³/mol. The number of alkyl carbamates (subject to hydrolysis) is 1. The van der Waals surface area contributed by atoms with Crippen LogP contribution >= 0.6 is 0 Å². The molecule has 0 aromatic heterocycles. The van der Waals surface area contributed by atoms with Crippen molar-refractivity contribution in [2.45, 2.75) is 51.8 Å². The summed E-state index contributed by atoms with van der Waals surface area (Å²) in [5.74, 6) is 0. The van der Waals surface area contributed by atoms with Crippen molar-refractivity contribution in [1.82, 2.24) is 10.2 Å². The molecule has 1 amide bonds. The van der Waals surface area contributed by atoms with Gasteiger partial charge in [0.25, 0.3) is 0 Å². The van der Waals surface area contributed by atoms with E-state index >= 15 is 0 Å². The zero-order chi connectivity index (χ0) is 17.5. The highest BCUT2D eigenvalue weighted by molar-refractivity contribution is 5.68. The van der Waals surface area contributed by atoms with Crippen LogP contribution in [0.5, 0.6) is 0 Å². The fourth-order valence-corrected chi connectivity index (χ4v) is 2.47. The second-order valence-corrected chi connectivity index (χ2v) is 6.95. The molecular weight excluding hydrogens is 290 g/mol. The molecule has 1 aromatic rings. The van der Waals surface area contributed by atoms with Crippen LogP contribution < -0.4 is 11.1 Å². The van der Waals surface area contributed by atoms with Gasteiger partial charge in [-0.05, 0) is 46.7 Å². The van der Waals surface area contributed by atoms with Crippen LogP contribution in [0.4, 0.5) is 4.79 Å². The summed E-state index contributed by atoms with van der Waals surface area (Å²) in [5, 5.41) is 2.88. The van der Waals surface area contributed by atoms with Crippen LogP contribution in [0.2, 0.25) is 0 Å². The minimum Gasteiger partial charge on any atom is -0.444 e. The number of rotatable bonds is 7. The molecule has 0 aliphatic heterocycles. The maximum Gasteiger partial charge on any atom is 0.407 e. The van der Waals surface area contributed by atoms with E-state index in [0.29, 0.717) is 6.54 Å². The van der Waals surface area contributed by atoms with Crippen LogP contribution in [0, 0.1) is 0 Å². The number of nitrogens with two attached hydrogens (primary N) is 1. The Morgan fingerprint density at radius 3 is 2.43 bits per heavy atom. The lowest BCUT2D eigenvalue weighted by Crippen LogP contribution is -2.53. The summed E-state index contributed by atoms with van der Waals surface area (Å²) >= 11 is 0. The Morgan fingerprint density at radius 1 is 1.30 bits per heavy atom. The highest BCUT2D eigenvalue weighted by Crippen LogP contribution is 2.09. The van der Waals surface area contributed by atoms with Crippen LogP contribution in [-0.2, 0) is 11.2 Å². The van der Waals surface area contributed by atoms with Gasteiger partial charge in [-0.3, -0.25) is 4.90 Å². The number of carbonyl (C=O) groups is 1. The van der Waals surface area contributed by atoms with E-state index in [0.717, 1.165) is 13.0 Å². The van der Waals surface area contributed by atoms with Crippen molar-refractivity contribution < 1.29 is 9.53 Å². The van der Waals surface area contributed by atoms with Crippen molar-refractivity contribution in [2.24, 2.45) is 5.73 Å². The van der Waals surface area contributed by atoms with Crippen LogP contribution in [-0.4, -0.2) is 48.8 Å². The minimum absolute atomic E-state index is 0.0613. The lowest BCUT2D eigenvalue weighted by molar-refractivity contribution is 0.0478. The number of nitrogens with one attached hydrogen (secondary N) is 1. The van der Waals surface area contributed by atoms with E-state index in [1.165, 1.54) is 5.56 Å². The molecular formula is C18H31N3O2. The number of benzene rings is 1. The molecule has 0 radical (unpaired) electrons. The fraction of sp³-hybridized carbons (Fsp3) is 0.611. The summed E-state index contributed by atoms with van der Waals surface area (Å²) in [5.41, 5.74) is 6.71. The van der Waals surface area contributed by atoms with E-state index in [1.54, 1.807) is 0 Å². The molecule has 23 heavy (non-hydrogen) atoms. The van der Waals surface area contributed by atoms with Crippen LogP contribution in [0.15, 0.2) is 30.3 Å². The molecule has 5 heteroatoms. The smallest absolute Gasteiger partial charge is 0.407 e. The third-order valence-electron chi connectivity index (χ3n) is 3.73. The van der Waals surface area contributed by atoms with Crippen molar-refractivity contribution in [3.05, 3.63) is 35.9 Å². The molecule has 2 atom stereocenters. The minimum atomic E-state index is -0.499. The molecule has 0 aliphatic rings. The summed E-state index contributed by atoms with van der Waals surface area (Å²) in [6.45, 7) is 8.87. The standard InChI is InChI=1S/C18H31N3O2/c1-14(20-17(22)23-18(2,3)4)16(13-19)21(5)12-11-15-9-7-6-8-10-15/h6-10,14,16H,11-13,19H2,1-5H3,(H,20,22). The molecule has 0 heterocycles. The number of amides is 1. The van der Waals surface area contributed by atoms with Gasteiger partial charge in [-0.1, -0.05) is 30.3 Å². The molecule has 0 bridgehead atoms. The highest BCUT2D eigenvalue weighted by atomic mass is 16.6. The Bertz CT molecular complexity index is 471. The van der Waals surface area contributed by atoms with E-state index in [9.17, 15) is 4.79 Å². The largest absolute Gasteiger partial charge is 0.444 e. The molecule has 2 unspecified atom stereocenters. The second kappa shape index (κ2) is 8.89. The first kappa shape index (κ1) is 19.5. The Balaban J connectivity index is 2.51. The summed E-state index contributed by atoms with van der Waals surface area (Å²) < 4.78 is 5.30. The fourth-order valence-electron chi connectivity index (χ4n) is 2.47. The van der Waals surface area contributed by atoms with Gasteiger partial charge < -0.3 is 15.8 Å². The van der Waals surface area contributed by atoms with Crippen molar-refractivity contribution in [1.29, 1.82) is 0 Å². The lowest BCUT2D eigenvalue weighted by atomic mass is 10.1. The molecule has 130 valence electrons. The maximum atomic E-state index is 11.9. The van der Waals surface area contributed by atoms with Crippen LogP contribution in [0.1, 0.15) is 33.3 Å². The topological polar surface area (TPSA) is 67.6 Å². The van der Waals surface area contributed by atoms with Crippen molar-refractivity contribution in [3.8, 4) is 0 Å². The molecule has 0 saturated carbocycles. The molecule has 0 aliphatic carbocycles. The average molecular weight is 321 g/mol. The third kappa shape index (κ3) is 7.48. The first-order valence-electron chi connectivity index (χ1n) is 8.16.